The molecule has 0 bridgehead atoms. The fourth-order valence-electron chi connectivity index (χ4n) is 2.70. The molecule has 1 aromatic carbocycles. The van der Waals surface area contributed by atoms with Crippen LogP contribution in [0.5, 0.6) is 0 Å². The van der Waals surface area contributed by atoms with Crippen LogP contribution in [0.3, 0.4) is 0 Å². The molecule has 1 fully saturated rings. The maximum Gasteiger partial charge on any atom is 0.259 e. The smallest absolute Gasteiger partial charge is 0.259 e. The van der Waals surface area contributed by atoms with Crippen LogP contribution in [0.2, 0.25) is 0 Å². The molecule has 1 aliphatic rings. The summed E-state index contributed by atoms with van der Waals surface area (Å²) in [6.45, 7) is 2.10. The van der Waals surface area contributed by atoms with Crippen molar-refractivity contribution in [2.75, 3.05) is 33.4 Å². The number of ether oxygens (including phenoxy) is 1. The summed E-state index contributed by atoms with van der Waals surface area (Å²) in [5.41, 5.74) is -1.55. The normalized spacial score (nSPS) is 20.8. The minimum absolute atomic E-state index is 0.0534. The lowest BCUT2D eigenvalue weighted by atomic mass is 9.93. The van der Waals surface area contributed by atoms with Crippen LogP contribution in [0.1, 0.15) is 28.8 Å². The van der Waals surface area contributed by atoms with E-state index in [1.807, 2.05) is 0 Å². The van der Waals surface area contributed by atoms with Gasteiger partial charge < -0.3 is 15.0 Å². The van der Waals surface area contributed by atoms with Crippen LogP contribution < -0.4 is 5.32 Å². The number of hydrogen-bond donors (Lipinski definition) is 1. The summed E-state index contributed by atoms with van der Waals surface area (Å²) >= 11 is 0. The van der Waals surface area contributed by atoms with Crippen LogP contribution in [0, 0.1) is 12.7 Å². The van der Waals surface area contributed by atoms with Gasteiger partial charge in [-0.15, -0.1) is 0 Å². The molecule has 1 atom stereocenters. The van der Waals surface area contributed by atoms with E-state index in [1.165, 1.54) is 24.1 Å². The number of nitrogens with one attached hydrogen (secondary N) is 1. The van der Waals surface area contributed by atoms with E-state index < -0.39 is 23.3 Å². The lowest BCUT2D eigenvalue weighted by Gasteiger charge is -2.36. The van der Waals surface area contributed by atoms with Gasteiger partial charge in [0.05, 0.1) is 13.2 Å². The Morgan fingerprint density at radius 2 is 2.17 bits per heavy atom. The average molecular weight is 340 g/mol. The van der Waals surface area contributed by atoms with Crippen molar-refractivity contribution in [3.63, 3.8) is 0 Å². The molecule has 5 nitrogen and oxygen atoms in total. The van der Waals surface area contributed by atoms with Crippen LogP contribution in [-0.4, -0.2) is 55.7 Å². The van der Waals surface area contributed by atoms with Gasteiger partial charge >= 0.3 is 0 Å². The Labute approximate surface area is 140 Å². The summed E-state index contributed by atoms with van der Waals surface area (Å²) < 4.78 is 33.4. The zero-order valence-electron chi connectivity index (χ0n) is 13.9. The molecule has 0 spiro atoms. The van der Waals surface area contributed by atoms with Gasteiger partial charge in [0, 0.05) is 25.8 Å². The molecule has 1 unspecified atom stereocenters. The van der Waals surface area contributed by atoms with E-state index >= 15 is 0 Å². The number of halogens is 2. The Kier molecular flexibility index (Phi) is 5.88. The van der Waals surface area contributed by atoms with Crippen molar-refractivity contribution in [1.82, 2.24) is 10.2 Å². The zero-order chi connectivity index (χ0) is 17.7. The van der Waals surface area contributed by atoms with E-state index in [-0.39, 0.29) is 31.7 Å². The highest BCUT2D eigenvalue weighted by molar-refractivity contribution is 5.95. The molecule has 1 aromatic rings. The molecule has 0 radical (unpaired) electrons. The van der Waals surface area contributed by atoms with Crippen LogP contribution in [-0.2, 0) is 9.53 Å². The summed E-state index contributed by atoms with van der Waals surface area (Å²) in [6.07, 6.45) is 0.423. The van der Waals surface area contributed by atoms with E-state index in [2.05, 4.69) is 5.32 Å². The highest BCUT2D eigenvalue weighted by Gasteiger charge is 2.43. The number of carbonyl (C=O) groups excluding carboxylic acids is 2. The number of hydrogen-bond acceptors (Lipinski definition) is 3. The van der Waals surface area contributed by atoms with Gasteiger partial charge in [-0.1, -0.05) is 6.07 Å². The van der Waals surface area contributed by atoms with Crippen LogP contribution in [0.15, 0.2) is 18.2 Å². The van der Waals surface area contributed by atoms with E-state index in [9.17, 15) is 18.4 Å². The number of carbonyl (C=O) groups is 2. The van der Waals surface area contributed by atoms with Gasteiger partial charge in [0.25, 0.3) is 11.8 Å². The van der Waals surface area contributed by atoms with E-state index in [1.54, 1.807) is 6.92 Å². The molecule has 24 heavy (non-hydrogen) atoms. The SMILES string of the molecule is COCCNC(=O)C1(F)CCCN(C(=O)c2ccc(C)c(F)c2)C1. The molecule has 1 heterocycles. The van der Waals surface area contributed by atoms with Gasteiger partial charge in [-0.05, 0) is 37.5 Å². The van der Waals surface area contributed by atoms with Crippen molar-refractivity contribution in [3.8, 4) is 0 Å². The monoisotopic (exact) mass is 340 g/mol. The minimum atomic E-state index is -2.13. The predicted molar refractivity (Wildman–Crippen MR) is 85.0 cm³/mol. The van der Waals surface area contributed by atoms with Gasteiger partial charge in [-0.2, -0.15) is 0 Å². The maximum absolute atomic E-state index is 14.9. The van der Waals surface area contributed by atoms with Gasteiger partial charge in [-0.3, -0.25) is 9.59 Å². The number of rotatable bonds is 5. The van der Waals surface area contributed by atoms with Crippen LogP contribution in [0.4, 0.5) is 8.78 Å². The number of methoxy groups -OCH3 is 1. The molecule has 0 aromatic heterocycles. The predicted octanol–water partition coefficient (Wildman–Crippen LogP) is 1.84. The molecule has 1 aliphatic heterocycles. The Morgan fingerprint density at radius 1 is 1.42 bits per heavy atom. The number of nitrogens with zero attached hydrogens (tertiary/aromatic N) is 1. The summed E-state index contributed by atoms with van der Waals surface area (Å²) in [5, 5.41) is 2.47. The van der Waals surface area contributed by atoms with Gasteiger partial charge in [0.1, 0.15) is 5.82 Å². The first-order valence-corrected chi connectivity index (χ1v) is 7.89. The number of benzene rings is 1. The molecule has 0 saturated carbocycles. The highest BCUT2D eigenvalue weighted by Crippen LogP contribution is 2.27. The second kappa shape index (κ2) is 7.70. The van der Waals surface area contributed by atoms with E-state index in [0.717, 1.165) is 6.07 Å². The number of amides is 2. The highest BCUT2D eigenvalue weighted by atomic mass is 19.1. The quantitative estimate of drug-likeness (QED) is 0.832. The summed E-state index contributed by atoms with van der Waals surface area (Å²) in [6, 6.07) is 4.16. The largest absolute Gasteiger partial charge is 0.383 e. The third-order valence-electron chi connectivity index (χ3n) is 4.15. The maximum atomic E-state index is 14.9. The number of aryl methyl sites for hydroxylation is 1. The number of likely N-dealkylation sites (tertiary alicyclic amines) is 1. The second-order valence-corrected chi connectivity index (χ2v) is 6.01. The van der Waals surface area contributed by atoms with Gasteiger partial charge in [0.15, 0.2) is 0 Å². The first kappa shape index (κ1) is 18.3. The van der Waals surface area contributed by atoms with Gasteiger partial charge in [0.2, 0.25) is 5.67 Å². The Hall–Kier alpha value is -2.02. The zero-order valence-corrected chi connectivity index (χ0v) is 13.9. The summed E-state index contributed by atoms with van der Waals surface area (Å²) in [5.74, 6) is -1.70. The molecule has 1 N–H and O–H groups in total. The second-order valence-electron chi connectivity index (χ2n) is 6.01. The molecule has 2 amide bonds. The Bertz CT molecular complexity index is 624. The van der Waals surface area contributed by atoms with Crippen LogP contribution >= 0.6 is 0 Å². The van der Waals surface area contributed by atoms with Crippen molar-refractivity contribution in [1.29, 1.82) is 0 Å². The third-order valence-corrected chi connectivity index (χ3v) is 4.15. The van der Waals surface area contributed by atoms with Crippen molar-refractivity contribution in [2.45, 2.75) is 25.4 Å². The van der Waals surface area contributed by atoms with Crippen molar-refractivity contribution >= 4 is 11.8 Å². The number of piperidine rings is 1. The lowest BCUT2D eigenvalue weighted by Crippen LogP contribution is -2.56. The molecule has 0 aliphatic carbocycles. The first-order chi connectivity index (χ1) is 11.4. The molecule has 132 valence electrons. The molecular weight excluding hydrogens is 318 g/mol. The van der Waals surface area contributed by atoms with Crippen molar-refractivity contribution < 1.29 is 23.1 Å². The summed E-state index contributed by atoms with van der Waals surface area (Å²) in [4.78, 5) is 25.8. The fourth-order valence-corrected chi connectivity index (χ4v) is 2.70. The third kappa shape index (κ3) is 4.08. The Balaban J connectivity index is 2.07. The standard InChI is InChI=1S/C17H22F2N2O3/c1-12-4-5-13(10-14(12)18)15(22)21-8-3-6-17(19,11-21)16(23)20-7-9-24-2/h4-5,10H,3,6-9,11H2,1-2H3,(H,20,23). The average Bonchev–Trinajstić information content (AvgIpc) is 2.57. The van der Waals surface area contributed by atoms with Crippen molar-refractivity contribution in [3.05, 3.63) is 35.1 Å². The lowest BCUT2D eigenvalue weighted by molar-refractivity contribution is -0.136. The van der Waals surface area contributed by atoms with E-state index in [4.69, 9.17) is 4.74 Å². The minimum Gasteiger partial charge on any atom is -0.383 e. The first-order valence-electron chi connectivity index (χ1n) is 7.89. The summed E-state index contributed by atoms with van der Waals surface area (Å²) in [7, 11) is 1.49. The van der Waals surface area contributed by atoms with Crippen LogP contribution in [0.25, 0.3) is 0 Å². The number of alkyl halides is 1. The fraction of sp³-hybridized carbons (Fsp3) is 0.529. The molecule has 1 saturated heterocycles. The van der Waals surface area contributed by atoms with Gasteiger partial charge in [-0.25, -0.2) is 8.78 Å². The topological polar surface area (TPSA) is 58.6 Å². The van der Waals surface area contributed by atoms with E-state index in [0.29, 0.717) is 18.5 Å². The van der Waals surface area contributed by atoms with Crippen molar-refractivity contribution in [2.24, 2.45) is 0 Å². The molecular formula is C17H22F2N2O3. The molecule has 7 heteroatoms. The molecule has 2 rings (SSSR count). The Morgan fingerprint density at radius 3 is 2.83 bits per heavy atom.